The van der Waals surface area contributed by atoms with Crippen molar-refractivity contribution in [1.82, 2.24) is 9.88 Å². The number of hydrogen-bond donors (Lipinski definition) is 0. The van der Waals surface area contributed by atoms with Crippen molar-refractivity contribution in [2.24, 2.45) is 0 Å². The van der Waals surface area contributed by atoms with Crippen LogP contribution in [0, 0.1) is 0 Å². The Balaban J connectivity index is 1.60. The number of benzene rings is 2. The number of hydrogen-bond acceptors (Lipinski definition) is 4. The highest BCUT2D eigenvalue weighted by atomic mass is 32.2. The van der Waals surface area contributed by atoms with Crippen molar-refractivity contribution >= 4 is 33.3 Å². The molecule has 0 spiro atoms. The molecule has 0 amide bonds. The second-order valence-corrected chi connectivity index (χ2v) is 8.23. The lowest BCUT2D eigenvalue weighted by Gasteiger charge is -2.28. The van der Waals surface area contributed by atoms with E-state index in [1.54, 1.807) is 11.3 Å². The summed E-state index contributed by atoms with van der Waals surface area (Å²) in [6.45, 7) is 4.52. The molecule has 0 saturated carbocycles. The van der Waals surface area contributed by atoms with Crippen LogP contribution in [0.1, 0.15) is 36.1 Å². The molecular formula is C20H22N2S2. The fourth-order valence-electron chi connectivity index (χ4n) is 3.56. The van der Waals surface area contributed by atoms with Crippen LogP contribution in [0.15, 0.2) is 46.8 Å². The summed E-state index contributed by atoms with van der Waals surface area (Å²) < 4.78 is 1.27. The second-order valence-electron chi connectivity index (χ2n) is 6.46. The van der Waals surface area contributed by atoms with Gasteiger partial charge in [0.15, 0.2) is 0 Å². The van der Waals surface area contributed by atoms with Gasteiger partial charge in [-0.3, -0.25) is 4.90 Å². The van der Waals surface area contributed by atoms with Crippen LogP contribution in [0.5, 0.6) is 0 Å². The second kappa shape index (κ2) is 6.87. The van der Waals surface area contributed by atoms with E-state index in [1.807, 2.05) is 17.3 Å². The van der Waals surface area contributed by atoms with Crippen LogP contribution in [0.25, 0.3) is 10.2 Å². The van der Waals surface area contributed by atoms with Gasteiger partial charge in [0.1, 0.15) is 0 Å². The minimum Gasteiger partial charge on any atom is -0.292 e. The molecule has 1 aromatic heterocycles. The summed E-state index contributed by atoms with van der Waals surface area (Å²) in [5.41, 5.74) is 7.46. The summed E-state index contributed by atoms with van der Waals surface area (Å²) in [7, 11) is 0. The molecule has 0 unspecified atom stereocenters. The lowest BCUT2D eigenvalue weighted by atomic mass is 10.0. The minimum absolute atomic E-state index is 0.419. The zero-order valence-corrected chi connectivity index (χ0v) is 15.8. The molecule has 0 radical (unpaired) electrons. The Bertz CT molecular complexity index is 856. The van der Waals surface area contributed by atoms with Gasteiger partial charge in [-0.25, -0.2) is 4.98 Å². The minimum atomic E-state index is 0.419. The van der Waals surface area contributed by atoms with Gasteiger partial charge in [-0.15, -0.1) is 23.1 Å². The highest BCUT2D eigenvalue weighted by Gasteiger charge is 2.20. The first-order chi connectivity index (χ1) is 11.7. The lowest BCUT2D eigenvalue weighted by Crippen LogP contribution is -2.26. The molecule has 2 aromatic carbocycles. The molecule has 0 fully saturated rings. The fourth-order valence-corrected chi connectivity index (χ4v) is 4.69. The zero-order chi connectivity index (χ0) is 16.5. The number of thiazole rings is 1. The van der Waals surface area contributed by atoms with Gasteiger partial charge in [-0.1, -0.05) is 12.1 Å². The van der Waals surface area contributed by atoms with Crippen LogP contribution in [-0.2, 0) is 13.0 Å². The molecule has 124 valence electrons. The van der Waals surface area contributed by atoms with Crippen molar-refractivity contribution in [3.05, 3.63) is 58.6 Å². The number of aromatic nitrogens is 1. The molecule has 24 heavy (non-hydrogen) atoms. The Labute approximate surface area is 151 Å². The molecule has 0 aliphatic carbocycles. The maximum absolute atomic E-state index is 4.48. The Hall–Kier alpha value is -1.36. The van der Waals surface area contributed by atoms with Crippen LogP contribution in [-0.4, -0.2) is 22.7 Å². The predicted molar refractivity (Wildman–Crippen MR) is 105 cm³/mol. The Morgan fingerprint density at radius 3 is 2.96 bits per heavy atom. The molecule has 2 nitrogen and oxygen atoms in total. The number of aryl methyl sites for hydroxylation is 1. The average Bonchev–Trinajstić information content (AvgIpc) is 2.98. The Kier molecular flexibility index (Phi) is 4.61. The maximum atomic E-state index is 4.48. The summed E-state index contributed by atoms with van der Waals surface area (Å²) in [6.07, 6.45) is 4.58. The van der Waals surface area contributed by atoms with E-state index in [0.29, 0.717) is 6.04 Å². The summed E-state index contributed by atoms with van der Waals surface area (Å²) in [5.74, 6) is 0. The van der Waals surface area contributed by atoms with Gasteiger partial charge in [0.25, 0.3) is 0 Å². The van der Waals surface area contributed by atoms with Gasteiger partial charge >= 0.3 is 0 Å². The first-order valence-electron chi connectivity index (χ1n) is 8.47. The van der Waals surface area contributed by atoms with E-state index in [0.717, 1.165) is 18.6 Å². The van der Waals surface area contributed by atoms with Crippen molar-refractivity contribution in [3.8, 4) is 0 Å². The summed E-state index contributed by atoms with van der Waals surface area (Å²) in [4.78, 5) is 8.47. The van der Waals surface area contributed by atoms with Gasteiger partial charge in [-0.2, -0.15) is 0 Å². The molecule has 3 aromatic rings. The lowest BCUT2D eigenvalue weighted by molar-refractivity contribution is 0.205. The zero-order valence-electron chi connectivity index (χ0n) is 14.2. The van der Waals surface area contributed by atoms with Gasteiger partial charge in [0, 0.05) is 17.5 Å². The van der Waals surface area contributed by atoms with Crippen LogP contribution in [0.4, 0.5) is 0 Å². The highest BCUT2D eigenvalue weighted by Crippen LogP contribution is 2.30. The van der Waals surface area contributed by atoms with E-state index in [2.05, 4.69) is 59.5 Å². The third-order valence-electron chi connectivity index (χ3n) is 5.06. The molecule has 0 N–H and O–H groups in total. The summed E-state index contributed by atoms with van der Waals surface area (Å²) in [6, 6.07) is 14.1. The van der Waals surface area contributed by atoms with Gasteiger partial charge < -0.3 is 0 Å². The normalized spacial score (nSPS) is 16.8. The summed E-state index contributed by atoms with van der Waals surface area (Å²) in [5, 5.41) is 0. The number of rotatable bonds is 3. The van der Waals surface area contributed by atoms with Crippen molar-refractivity contribution in [1.29, 1.82) is 0 Å². The first kappa shape index (κ1) is 16.1. The van der Waals surface area contributed by atoms with Gasteiger partial charge in [-0.05, 0) is 73.5 Å². The van der Waals surface area contributed by atoms with E-state index in [1.165, 1.54) is 39.1 Å². The number of nitrogens with zero attached hydrogens (tertiary/aromatic N) is 2. The van der Waals surface area contributed by atoms with Crippen molar-refractivity contribution < 1.29 is 0 Å². The number of thioether (sulfide) groups is 1. The maximum Gasteiger partial charge on any atom is 0.0815 e. The van der Waals surface area contributed by atoms with E-state index in [9.17, 15) is 0 Å². The topological polar surface area (TPSA) is 16.1 Å². The van der Waals surface area contributed by atoms with Gasteiger partial charge in [0.2, 0.25) is 0 Å². The monoisotopic (exact) mass is 354 g/mol. The van der Waals surface area contributed by atoms with Crippen molar-refractivity contribution in [2.75, 3.05) is 12.8 Å². The van der Waals surface area contributed by atoms with E-state index in [4.69, 9.17) is 0 Å². The standard InChI is InChI=1S/C20H22N2S2/c1-14(15-6-8-20-19(11-15)21-13-24-20)22-9-3-4-16-10-18(23-2)7-5-17(16)12-22/h5-8,10-11,13-14H,3-4,9,12H2,1-2H3/t14-/m0/s1. The van der Waals surface area contributed by atoms with Crippen LogP contribution in [0.2, 0.25) is 0 Å². The molecule has 0 saturated heterocycles. The summed E-state index contributed by atoms with van der Waals surface area (Å²) >= 11 is 3.55. The highest BCUT2D eigenvalue weighted by molar-refractivity contribution is 7.98. The van der Waals surface area contributed by atoms with Crippen LogP contribution in [0.3, 0.4) is 0 Å². The molecule has 1 aliphatic rings. The van der Waals surface area contributed by atoms with Crippen molar-refractivity contribution in [3.63, 3.8) is 0 Å². The van der Waals surface area contributed by atoms with Crippen LogP contribution >= 0.6 is 23.1 Å². The fraction of sp³-hybridized carbons (Fsp3) is 0.350. The van der Waals surface area contributed by atoms with Gasteiger partial charge in [0.05, 0.1) is 15.7 Å². The predicted octanol–water partition coefficient (Wildman–Crippen LogP) is 5.53. The Morgan fingerprint density at radius 2 is 2.08 bits per heavy atom. The average molecular weight is 355 g/mol. The van der Waals surface area contributed by atoms with E-state index in [-0.39, 0.29) is 0 Å². The third-order valence-corrected chi connectivity index (χ3v) is 6.60. The molecular weight excluding hydrogens is 332 g/mol. The largest absolute Gasteiger partial charge is 0.292 e. The van der Waals surface area contributed by atoms with Crippen LogP contribution < -0.4 is 0 Å². The Morgan fingerprint density at radius 1 is 1.17 bits per heavy atom. The van der Waals surface area contributed by atoms with E-state index < -0.39 is 0 Å². The third kappa shape index (κ3) is 3.10. The molecule has 4 rings (SSSR count). The number of fused-ring (bicyclic) bond motifs is 2. The molecule has 4 heteroatoms. The molecule has 0 bridgehead atoms. The van der Waals surface area contributed by atoms with E-state index >= 15 is 0 Å². The first-order valence-corrected chi connectivity index (χ1v) is 10.6. The molecule has 1 atom stereocenters. The smallest absolute Gasteiger partial charge is 0.0815 e. The molecule has 1 aliphatic heterocycles. The quantitative estimate of drug-likeness (QED) is 0.576. The van der Waals surface area contributed by atoms with Crippen molar-refractivity contribution in [2.45, 2.75) is 37.2 Å². The molecule has 2 heterocycles. The SMILES string of the molecule is CSc1ccc2c(c1)CCCN([C@@H](C)c1ccc3scnc3c1)C2.